The Kier molecular flexibility index (Phi) is 12.1. The second-order valence-corrected chi connectivity index (χ2v) is 9.91. The van der Waals surface area contributed by atoms with Crippen molar-refractivity contribution < 1.29 is 14.4 Å². The van der Waals surface area contributed by atoms with Gasteiger partial charge in [0.15, 0.2) is 5.75 Å². The van der Waals surface area contributed by atoms with Gasteiger partial charge in [0.25, 0.3) is 11.2 Å². The number of nitro groups is 1. The quantitative estimate of drug-likeness (QED) is 0.105. The summed E-state index contributed by atoms with van der Waals surface area (Å²) in [5, 5.41) is 12.1. The molecule has 0 fully saturated rings. The Hall–Kier alpha value is -3.35. The van der Waals surface area contributed by atoms with Crippen LogP contribution in [0.15, 0.2) is 57.9 Å². The number of nitrogens with zero attached hydrogens (tertiary/aromatic N) is 2. The molecule has 37 heavy (non-hydrogen) atoms. The second-order valence-electron chi connectivity index (χ2n) is 9.91. The Morgan fingerprint density at radius 3 is 2.27 bits per heavy atom. The van der Waals surface area contributed by atoms with Gasteiger partial charge in [0.1, 0.15) is 13.2 Å². The van der Waals surface area contributed by atoms with Gasteiger partial charge < -0.3 is 14.0 Å². The minimum absolute atomic E-state index is 0.0620. The molecule has 0 N–H and O–H groups in total. The molecule has 0 aliphatic rings. The molecule has 0 aliphatic heterocycles. The van der Waals surface area contributed by atoms with E-state index in [-0.39, 0.29) is 30.2 Å². The number of aromatic nitrogens is 1. The Bertz CT molecular complexity index is 1210. The van der Waals surface area contributed by atoms with E-state index in [1.807, 2.05) is 26.0 Å². The van der Waals surface area contributed by atoms with E-state index in [1.54, 1.807) is 10.6 Å². The lowest BCUT2D eigenvalue weighted by Crippen LogP contribution is -2.24. The molecule has 0 saturated heterocycles. The van der Waals surface area contributed by atoms with E-state index in [2.05, 4.69) is 33.8 Å². The van der Waals surface area contributed by atoms with Crippen molar-refractivity contribution in [1.82, 2.24) is 4.57 Å². The van der Waals surface area contributed by atoms with E-state index < -0.39 is 4.92 Å². The molecular formula is C30H42N2O5. The predicted octanol–water partition coefficient (Wildman–Crippen LogP) is 7.91. The summed E-state index contributed by atoms with van der Waals surface area (Å²) < 4.78 is 13.8. The van der Waals surface area contributed by atoms with Crippen LogP contribution in [0, 0.1) is 10.1 Å². The zero-order chi connectivity index (χ0) is 27.4. The molecule has 0 unspecified atom stereocenters. The number of nitro benzene ring substituents is 1. The van der Waals surface area contributed by atoms with Gasteiger partial charge in [-0.2, -0.15) is 0 Å². The summed E-state index contributed by atoms with van der Waals surface area (Å²) in [5.41, 5.74) is 3.66. The number of hydrogen-bond donors (Lipinski definition) is 0. The van der Waals surface area contributed by atoms with Gasteiger partial charge in [-0.15, -0.1) is 0 Å². The molecule has 1 aromatic carbocycles. The van der Waals surface area contributed by atoms with Crippen LogP contribution >= 0.6 is 0 Å². The van der Waals surface area contributed by atoms with Crippen molar-refractivity contribution in [1.29, 1.82) is 0 Å². The molecule has 0 bridgehead atoms. The Balaban J connectivity index is 2.54. The number of fused-ring (bicyclic) bond motifs is 1. The van der Waals surface area contributed by atoms with Crippen LogP contribution in [0.5, 0.6) is 11.5 Å². The van der Waals surface area contributed by atoms with Crippen molar-refractivity contribution in [3.8, 4) is 11.5 Å². The van der Waals surface area contributed by atoms with E-state index in [9.17, 15) is 14.9 Å². The van der Waals surface area contributed by atoms with Crippen LogP contribution in [0.4, 0.5) is 5.69 Å². The van der Waals surface area contributed by atoms with Crippen LogP contribution in [0.1, 0.15) is 80.1 Å². The Morgan fingerprint density at radius 2 is 1.62 bits per heavy atom. The Labute approximate surface area is 220 Å². The van der Waals surface area contributed by atoms with E-state index in [0.29, 0.717) is 23.2 Å². The average molecular weight is 511 g/mol. The molecule has 0 aliphatic carbocycles. The minimum atomic E-state index is -0.442. The summed E-state index contributed by atoms with van der Waals surface area (Å²) in [6, 6.07) is 4.56. The number of rotatable bonds is 15. The largest absolute Gasteiger partial charge is 0.485 e. The lowest BCUT2D eigenvalue weighted by Gasteiger charge is -2.18. The summed E-state index contributed by atoms with van der Waals surface area (Å²) in [4.78, 5) is 24.8. The third-order valence-electron chi connectivity index (χ3n) is 6.08. The van der Waals surface area contributed by atoms with Crippen LogP contribution in [0.25, 0.3) is 10.9 Å². The maximum atomic E-state index is 13.7. The zero-order valence-corrected chi connectivity index (χ0v) is 23.3. The number of unbranched alkanes of at least 4 members (excludes halogenated alkanes) is 3. The van der Waals surface area contributed by atoms with Gasteiger partial charge >= 0.3 is 0 Å². The van der Waals surface area contributed by atoms with Gasteiger partial charge in [-0.1, -0.05) is 49.0 Å². The molecule has 2 aromatic rings. The molecule has 0 amide bonds. The third-order valence-corrected chi connectivity index (χ3v) is 6.08. The SMILES string of the molecule is CCCCCCn1c(=O)c(OCC=C(C)CCC=C(C)C)c(OCC=C(C)C)c2ccc([N+](=O)[O-])cc21. The fourth-order valence-electron chi connectivity index (χ4n) is 3.94. The highest BCUT2D eigenvalue weighted by Crippen LogP contribution is 2.35. The lowest BCUT2D eigenvalue weighted by atomic mass is 10.1. The first-order chi connectivity index (χ1) is 17.6. The number of allylic oxidation sites excluding steroid dienone is 4. The fraction of sp³-hybridized carbons (Fsp3) is 0.500. The van der Waals surface area contributed by atoms with Crippen molar-refractivity contribution in [3.05, 3.63) is 73.6 Å². The van der Waals surface area contributed by atoms with Crippen molar-refractivity contribution >= 4 is 16.6 Å². The summed E-state index contributed by atoms with van der Waals surface area (Å²) in [7, 11) is 0. The molecule has 1 aromatic heterocycles. The van der Waals surface area contributed by atoms with Crippen LogP contribution < -0.4 is 15.0 Å². The average Bonchev–Trinajstić information content (AvgIpc) is 2.83. The topological polar surface area (TPSA) is 83.6 Å². The fourth-order valence-corrected chi connectivity index (χ4v) is 3.94. The second kappa shape index (κ2) is 15.0. The van der Waals surface area contributed by atoms with Crippen LogP contribution in [0.3, 0.4) is 0 Å². The van der Waals surface area contributed by atoms with Crippen molar-refractivity contribution in [2.24, 2.45) is 0 Å². The highest BCUT2D eigenvalue weighted by molar-refractivity contribution is 5.89. The molecular weight excluding hydrogens is 468 g/mol. The van der Waals surface area contributed by atoms with Crippen molar-refractivity contribution in [2.75, 3.05) is 13.2 Å². The lowest BCUT2D eigenvalue weighted by molar-refractivity contribution is -0.384. The highest BCUT2D eigenvalue weighted by atomic mass is 16.6. The zero-order valence-electron chi connectivity index (χ0n) is 23.3. The molecule has 202 valence electrons. The molecule has 1 heterocycles. The van der Waals surface area contributed by atoms with Crippen molar-refractivity contribution in [2.45, 2.75) is 86.6 Å². The minimum Gasteiger partial charge on any atom is -0.485 e. The Morgan fingerprint density at radius 1 is 0.946 bits per heavy atom. The summed E-state index contributed by atoms with van der Waals surface area (Å²) in [5.74, 6) is 0.472. The summed E-state index contributed by atoms with van der Waals surface area (Å²) in [6.07, 6.45) is 11.9. The van der Waals surface area contributed by atoms with E-state index in [0.717, 1.165) is 44.1 Å². The normalized spacial score (nSPS) is 11.4. The molecule has 7 nitrogen and oxygen atoms in total. The molecule has 0 saturated carbocycles. The number of benzene rings is 1. The molecule has 2 rings (SSSR count). The van der Waals surface area contributed by atoms with Crippen LogP contribution in [-0.2, 0) is 6.54 Å². The smallest absolute Gasteiger partial charge is 0.297 e. The molecule has 7 heteroatoms. The third kappa shape index (κ3) is 9.23. The summed E-state index contributed by atoms with van der Waals surface area (Å²) in [6.45, 7) is 13.3. The standard InChI is InChI=1S/C30H42N2O5/c1-7-8-9-10-18-31-27-21-25(32(34)35)14-15-26(27)28(36-19-16-23(4)5)29(30(31)33)37-20-17-24(6)13-11-12-22(2)3/h12,14-17,21H,7-11,13,18-20H2,1-6H3. The molecule has 0 spiro atoms. The number of pyridine rings is 1. The first-order valence-electron chi connectivity index (χ1n) is 13.2. The van der Waals surface area contributed by atoms with Gasteiger partial charge in [0, 0.05) is 24.1 Å². The number of non-ortho nitro benzene ring substituents is 1. The van der Waals surface area contributed by atoms with Crippen molar-refractivity contribution in [3.63, 3.8) is 0 Å². The predicted molar refractivity (Wildman–Crippen MR) is 152 cm³/mol. The van der Waals surface area contributed by atoms with Gasteiger partial charge in [0.2, 0.25) is 5.75 Å². The van der Waals surface area contributed by atoms with Crippen LogP contribution in [0.2, 0.25) is 0 Å². The van der Waals surface area contributed by atoms with Gasteiger partial charge in [-0.3, -0.25) is 14.9 Å². The number of aryl methyl sites for hydroxylation is 1. The van der Waals surface area contributed by atoms with E-state index in [4.69, 9.17) is 9.47 Å². The highest BCUT2D eigenvalue weighted by Gasteiger charge is 2.21. The van der Waals surface area contributed by atoms with E-state index >= 15 is 0 Å². The maximum Gasteiger partial charge on any atom is 0.297 e. The summed E-state index contributed by atoms with van der Waals surface area (Å²) >= 11 is 0. The molecule has 0 atom stereocenters. The van der Waals surface area contributed by atoms with Crippen LogP contribution in [-0.4, -0.2) is 22.7 Å². The van der Waals surface area contributed by atoms with Gasteiger partial charge in [-0.05, 0) is 72.1 Å². The maximum absolute atomic E-state index is 13.7. The van der Waals surface area contributed by atoms with Gasteiger partial charge in [0.05, 0.1) is 10.4 Å². The molecule has 0 radical (unpaired) electrons. The van der Waals surface area contributed by atoms with E-state index in [1.165, 1.54) is 23.3 Å². The van der Waals surface area contributed by atoms with Gasteiger partial charge in [-0.25, -0.2) is 0 Å². The number of hydrogen-bond acceptors (Lipinski definition) is 5. The monoisotopic (exact) mass is 510 g/mol. The number of ether oxygens (including phenoxy) is 2. The first kappa shape index (κ1) is 29.9. The first-order valence-corrected chi connectivity index (χ1v) is 13.2.